The van der Waals surface area contributed by atoms with Crippen LogP contribution in [0.1, 0.15) is 29.8 Å². The number of rotatable bonds is 3. The van der Waals surface area contributed by atoms with E-state index in [4.69, 9.17) is 6.42 Å². The summed E-state index contributed by atoms with van der Waals surface area (Å²) in [5.74, 6) is 2.73. The molecular formula is C15H18N2O. The van der Waals surface area contributed by atoms with E-state index in [1.54, 1.807) is 0 Å². The van der Waals surface area contributed by atoms with Crippen LogP contribution in [0, 0.1) is 18.3 Å². The summed E-state index contributed by atoms with van der Waals surface area (Å²) in [5.41, 5.74) is 2.98. The van der Waals surface area contributed by atoms with E-state index in [-0.39, 0.29) is 17.9 Å². The van der Waals surface area contributed by atoms with E-state index < -0.39 is 0 Å². The van der Waals surface area contributed by atoms with Crippen molar-refractivity contribution in [2.24, 2.45) is 5.92 Å². The van der Waals surface area contributed by atoms with Gasteiger partial charge in [-0.3, -0.25) is 4.79 Å². The summed E-state index contributed by atoms with van der Waals surface area (Å²) in [6.45, 7) is 4.93. The van der Waals surface area contributed by atoms with Gasteiger partial charge in [0.2, 0.25) is 0 Å². The van der Waals surface area contributed by atoms with Crippen molar-refractivity contribution < 1.29 is 4.79 Å². The molecule has 1 aromatic carbocycles. The van der Waals surface area contributed by atoms with Gasteiger partial charge in [-0.15, -0.1) is 6.42 Å². The number of amides is 1. The third kappa shape index (κ3) is 2.48. The Hall–Kier alpha value is -1.95. The highest BCUT2D eigenvalue weighted by molar-refractivity contribution is 5.95. The van der Waals surface area contributed by atoms with Crippen molar-refractivity contribution in [3.05, 3.63) is 29.3 Å². The third-order valence-electron chi connectivity index (χ3n) is 3.21. The van der Waals surface area contributed by atoms with Crippen molar-refractivity contribution in [2.75, 3.05) is 11.9 Å². The van der Waals surface area contributed by atoms with E-state index in [1.807, 2.05) is 32.0 Å². The number of nitrogens with one attached hydrogen (secondary N) is 2. The lowest BCUT2D eigenvalue weighted by Crippen LogP contribution is -2.37. The Morgan fingerprint density at radius 2 is 2.28 bits per heavy atom. The molecule has 0 bridgehead atoms. The van der Waals surface area contributed by atoms with Crippen molar-refractivity contribution in [2.45, 2.75) is 26.3 Å². The molecule has 0 radical (unpaired) electrons. The lowest BCUT2D eigenvalue weighted by molar-refractivity contribution is 0.0938. The van der Waals surface area contributed by atoms with Gasteiger partial charge < -0.3 is 10.6 Å². The average molecular weight is 242 g/mol. The van der Waals surface area contributed by atoms with E-state index in [0.29, 0.717) is 5.56 Å². The van der Waals surface area contributed by atoms with E-state index >= 15 is 0 Å². The van der Waals surface area contributed by atoms with Crippen LogP contribution >= 0.6 is 0 Å². The topological polar surface area (TPSA) is 41.1 Å². The Morgan fingerprint density at radius 3 is 2.94 bits per heavy atom. The SMILES string of the molecule is C#CC(NC(=O)c1ccc2c(c1)NCC2)C(C)C. The summed E-state index contributed by atoms with van der Waals surface area (Å²) in [6.07, 6.45) is 6.44. The molecule has 0 spiro atoms. The normalized spacial score (nSPS) is 14.6. The minimum absolute atomic E-state index is 0.108. The molecule has 1 aliphatic rings. The molecule has 0 aliphatic carbocycles. The minimum Gasteiger partial charge on any atom is -0.384 e. The summed E-state index contributed by atoms with van der Waals surface area (Å²) >= 11 is 0. The van der Waals surface area contributed by atoms with Gasteiger partial charge in [0.25, 0.3) is 5.91 Å². The molecule has 94 valence electrons. The second-order valence-electron chi connectivity index (χ2n) is 4.91. The number of hydrogen-bond donors (Lipinski definition) is 2. The molecule has 0 fully saturated rings. The second kappa shape index (κ2) is 5.14. The van der Waals surface area contributed by atoms with E-state index in [9.17, 15) is 4.79 Å². The molecule has 3 heteroatoms. The van der Waals surface area contributed by atoms with Gasteiger partial charge in [0, 0.05) is 17.8 Å². The first-order valence-electron chi connectivity index (χ1n) is 6.25. The van der Waals surface area contributed by atoms with Gasteiger partial charge in [-0.2, -0.15) is 0 Å². The summed E-state index contributed by atoms with van der Waals surface area (Å²) in [7, 11) is 0. The van der Waals surface area contributed by atoms with Gasteiger partial charge in [0.05, 0.1) is 6.04 Å². The van der Waals surface area contributed by atoms with Gasteiger partial charge in [0.1, 0.15) is 0 Å². The number of fused-ring (bicyclic) bond motifs is 1. The smallest absolute Gasteiger partial charge is 0.252 e. The van der Waals surface area contributed by atoms with Crippen molar-refractivity contribution in [3.63, 3.8) is 0 Å². The van der Waals surface area contributed by atoms with Crippen LogP contribution in [0.4, 0.5) is 5.69 Å². The standard InChI is InChI=1S/C15H18N2O/c1-4-13(10(2)3)17-15(18)12-6-5-11-7-8-16-14(11)9-12/h1,5-6,9-10,13,16H,7-8H2,2-3H3,(H,17,18). The van der Waals surface area contributed by atoms with Crippen LogP contribution in [0.3, 0.4) is 0 Å². The van der Waals surface area contributed by atoms with Crippen LogP contribution < -0.4 is 10.6 Å². The highest BCUT2D eigenvalue weighted by atomic mass is 16.1. The fourth-order valence-electron chi connectivity index (χ4n) is 2.06. The van der Waals surface area contributed by atoms with E-state index in [2.05, 4.69) is 16.6 Å². The first-order chi connectivity index (χ1) is 8.61. The van der Waals surface area contributed by atoms with Crippen LogP contribution in [-0.4, -0.2) is 18.5 Å². The number of benzene rings is 1. The van der Waals surface area contributed by atoms with Crippen LogP contribution in [0.5, 0.6) is 0 Å². The number of anilines is 1. The third-order valence-corrected chi connectivity index (χ3v) is 3.21. The highest BCUT2D eigenvalue weighted by Gasteiger charge is 2.17. The lowest BCUT2D eigenvalue weighted by Gasteiger charge is -2.16. The summed E-state index contributed by atoms with van der Waals surface area (Å²) < 4.78 is 0. The summed E-state index contributed by atoms with van der Waals surface area (Å²) in [5, 5.41) is 6.14. The van der Waals surface area contributed by atoms with E-state index in [1.165, 1.54) is 5.56 Å². The Kier molecular flexibility index (Phi) is 3.57. The molecule has 0 aromatic heterocycles. The van der Waals surface area contributed by atoms with Gasteiger partial charge in [-0.25, -0.2) is 0 Å². The maximum Gasteiger partial charge on any atom is 0.252 e. The number of terminal acetylenes is 1. The maximum atomic E-state index is 12.1. The lowest BCUT2D eigenvalue weighted by atomic mass is 10.0. The van der Waals surface area contributed by atoms with Crippen LogP contribution in [0.25, 0.3) is 0 Å². The average Bonchev–Trinajstić information content (AvgIpc) is 2.82. The minimum atomic E-state index is -0.223. The summed E-state index contributed by atoms with van der Waals surface area (Å²) in [4.78, 5) is 12.1. The van der Waals surface area contributed by atoms with Crippen LogP contribution in [0.15, 0.2) is 18.2 Å². The summed E-state index contributed by atoms with van der Waals surface area (Å²) in [6, 6.07) is 5.53. The van der Waals surface area contributed by atoms with Crippen molar-refractivity contribution in [3.8, 4) is 12.3 Å². The van der Waals surface area contributed by atoms with Gasteiger partial charge in [-0.05, 0) is 30.0 Å². The number of carbonyl (C=O) groups excluding carboxylic acids is 1. The van der Waals surface area contributed by atoms with Gasteiger partial charge in [-0.1, -0.05) is 25.8 Å². The molecule has 1 unspecified atom stereocenters. The Labute approximate surface area is 108 Å². The quantitative estimate of drug-likeness (QED) is 0.796. The zero-order valence-electron chi connectivity index (χ0n) is 10.8. The Balaban J connectivity index is 2.12. The first-order valence-corrected chi connectivity index (χ1v) is 6.25. The largest absolute Gasteiger partial charge is 0.384 e. The Bertz CT molecular complexity index is 500. The highest BCUT2D eigenvalue weighted by Crippen LogP contribution is 2.23. The zero-order chi connectivity index (χ0) is 13.1. The molecule has 1 aliphatic heterocycles. The first kappa shape index (κ1) is 12.5. The van der Waals surface area contributed by atoms with Crippen LogP contribution in [0.2, 0.25) is 0 Å². The van der Waals surface area contributed by atoms with Gasteiger partial charge >= 0.3 is 0 Å². The fourth-order valence-corrected chi connectivity index (χ4v) is 2.06. The zero-order valence-corrected chi connectivity index (χ0v) is 10.8. The monoisotopic (exact) mass is 242 g/mol. The molecule has 3 nitrogen and oxygen atoms in total. The molecule has 0 saturated carbocycles. The molecular weight excluding hydrogens is 224 g/mol. The predicted molar refractivity (Wildman–Crippen MR) is 73.6 cm³/mol. The molecule has 1 aromatic rings. The molecule has 2 N–H and O–H groups in total. The molecule has 0 saturated heterocycles. The predicted octanol–water partition coefficient (Wildman–Crippen LogP) is 2.04. The number of hydrogen-bond acceptors (Lipinski definition) is 2. The van der Waals surface area contributed by atoms with Crippen molar-refractivity contribution in [1.82, 2.24) is 5.32 Å². The molecule has 1 atom stereocenters. The fraction of sp³-hybridized carbons (Fsp3) is 0.400. The molecule has 1 heterocycles. The van der Waals surface area contributed by atoms with Crippen molar-refractivity contribution >= 4 is 11.6 Å². The Morgan fingerprint density at radius 1 is 1.50 bits per heavy atom. The van der Waals surface area contributed by atoms with E-state index in [0.717, 1.165) is 18.7 Å². The molecule has 2 rings (SSSR count). The van der Waals surface area contributed by atoms with Crippen molar-refractivity contribution in [1.29, 1.82) is 0 Å². The molecule has 1 amide bonds. The maximum absolute atomic E-state index is 12.1. The van der Waals surface area contributed by atoms with Gasteiger partial charge in [0.15, 0.2) is 0 Å². The second-order valence-corrected chi connectivity index (χ2v) is 4.91. The van der Waals surface area contributed by atoms with Crippen LogP contribution in [-0.2, 0) is 6.42 Å². The molecule has 18 heavy (non-hydrogen) atoms. The number of carbonyl (C=O) groups is 1.